The Labute approximate surface area is 291 Å². The van der Waals surface area contributed by atoms with Crippen LogP contribution in [0.15, 0.2) is 35.8 Å². The first-order valence-corrected chi connectivity index (χ1v) is 17.6. The molecule has 4 amide bonds. The van der Waals surface area contributed by atoms with Gasteiger partial charge in [0.05, 0.1) is 13.2 Å². The topological polar surface area (TPSA) is 218 Å². The molecule has 16 nitrogen and oxygen atoms in total. The summed E-state index contributed by atoms with van der Waals surface area (Å²) in [5.41, 5.74) is 0.416. The first kappa shape index (κ1) is 34.8. The Hall–Kier alpha value is -5.06. The maximum absolute atomic E-state index is 14.3. The molecule has 1 saturated carbocycles. The van der Waals surface area contributed by atoms with Crippen molar-refractivity contribution < 1.29 is 38.9 Å². The van der Waals surface area contributed by atoms with E-state index in [9.17, 15) is 29.1 Å². The summed E-state index contributed by atoms with van der Waals surface area (Å²) in [6.07, 6.45) is 6.94. The van der Waals surface area contributed by atoms with Gasteiger partial charge < -0.3 is 35.8 Å². The molecule has 1 aromatic carbocycles. The van der Waals surface area contributed by atoms with Crippen LogP contribution in [0, 0.1) is 5.92 Å². The van der Waals surface area contributed by atoms with E-state index in [0.29, 0.717) is 41.4 Å². The minimum atomic E-state index is -1.40. The van der Waals surface area contributed by atoms with E-state index < -0.39 is 60.0 Å². The Kier molecular flexibility index (Phi) is 10.3. The fourth-order valence-corrected chi connectivity index (χ4v) is 7.55. The third kappa shape index (κ3) is 7.41. The van der Waals surface area contributed by atoms with E-state index in [4.69, 9.17) is 20.0 Å². The Balaban J connectivity index is 1.34. The number of aromatic nitrogens is 4. The molecule has 17 heteroatoms. The van der Waals surface area contributed by atoms with Gasteiger partial charge in [-0.15, -0.1) is 16.4 Å². The van der Waals surface area contributed by atoms with Gasteiger partial charge in [0.2, 0.25) is 11.8 Å². The summed E-state index contributed by atoms with van der Waals surface area (Å²) in [6.45, 7) is -0.631. The second kappa shape index (κ2) is 14.8. The third-order valence-corrected chi connectivity index (χ3v) is 10.5. The fourth-order valence-electron chi connectivity index (χ4n) is 6.93. The normalized spacial score (nSPS) is 25.7. The van der Waals surface area contributed by atoms with Crippen LogP contribution in [-0.2, 0) is 19.2 Å². The second-order valence-electron chi connectivity index (χ2n) is 13.0. The molecule has 266 valence electrons. The minimum absolute atomic E-state index is 0.00336. The zero-order valence-electron chi connectivity index (χ0n) is 27.5. The molecule has 6 rings (SSSR count). The Morgan fingerprint density at radius 1 is 1.04 bits per heavy atom. The van der Waals surface area contributed by atoms with Crippen molar-refractivity contribution in [2.24, 2.45) is 5.92 Å². The van der Waals surface area contributed by atoms with Crippen LogP contribution in [-0.4, -0.2) is 103 Å². The molecule has 2 saturated heterocycles. The lowest BCUT2D eigenvalue weighted by molar-refractivity contribution is -0.145. The summed E-state index contributed by atoms with van der Waals surface area (Å²) in [7, 11) is 1.57. The number of carboxylic acid groups (broad SMARTS) is 2. The lowest BCUT2D eigenvalue weighted by Crippen LogP contribution is -2.57. The number of benzene rings is 1. The molecule has 3 fully saturated rings. The van der Waals surface area contributed by atoms with E-state index in [1.54, 1.807) is 25.4 Å². The maximum Gasteiger partial charge on any atom is 0.329 e. The number of nitrogens with zero attached hydrogens (tertiary/aromatic N) is 5. The van der Waals surface area contributed by atoms with E-state index in [1.165, 1.54) is 21.0 Å². The predicted octanol–water partition coefficient (Wildman–Crippen LogP) is 2.68. The quantitative estimate of drug-likeness (QED) is 0.229. The van der Waals surface area contributed by atoms with Crippen molar-refractivity contribution in [1.82, 2.24) is 40.8 Å². The molecular formula is C33H40N8O8S. The molecule has 0 spiro atoms. The molecule has 5 N–H and O–H groups in total. The van der Waals surface area contributed by atoms with Crippen LogP contribution < -0.4 is 20.7 Å². The van der Waals surface area contributed by atoms with Crippen LogP contribution in [0.5, 0.6) is 5.75 Å². The van der Waals surface area contributed by atoms with Gasteiger partial charge in [-0.1, -0.05) is 32.1 Å². The van der Waals surface area contributed by atoms with Crippen LogP contribution in [0.25, 0.3) is 22.0 Å². The molecule has 2 aromatic heterocycles. The molecule has 0 unspecified atom stereocenters. The zero-order valence-corrected chi connectivity index (χ0v) is 28.4. The number of fused-ring (bicyclic) bond motifs is 2. The molecule has 2 aliphatic heterocycles. The molecule has 1 aliphatic carbocycles. The number of hydrogen-bond donors (Lipinski definition) is 5. The first-order valence-electron chi connectivity index (χ1n) is 16.7. The van der Waals surface area contributed by atoms with Crippen LogP contribution in [0.4, 0.5) is 4.79 Å². The van der Waals surface area contributed by atoms with Crippen molar-refractivity contribution in [3.8, 4) is 27.7 Å². The number of nitrogens with one attached hydrogen (secondary N) is 3. The van der Waals surface area contributed by atoms with Crippen LogP contribution >= 0.6 is 11.3 Å². The lowest BCUT2D eigenvalue weighted by Gasteiger charge is -2.29. The van der Waals surface area contributed by atoms with Crippen molar-refractivity contribution in [2.45, 2.75) is 81.5 Å². The molecular weight excluding hydrogens is 668 g/mol. The summed E-state index contributed by atoms with van der Waals surface area (Å²) in [4.78, 5) is 71.9. The summed E-state index contributed by atoms with van der Waals surface area (Å²) in [5, 5.41) is 39.0. The fraction of sp³-hybridized carbons (Fsp3) is 0.515. The van der Waals surface area contributed by atoms with Crippen molar-refractivity contribution in [3.63, 3.8) is 0 Å². The van der Waals surface area contributed by atoms with Gasteiger partial charge in [-0.05, 0) is 49.4 Å². The average Bonchev–Trinajstić information content (AvgIpc) is 3.56. The highest BCUT2D eigenvalue weighted by Crippen LogP contribution is 2.48. The number of carbonyl (C=O) groups excluding carboxylic acids is 3. The molecule has 5 atom stereocenters. The summed E-state index contributed by atoms with van der Waals surface area (Å²) < 4.78 is 5.31. The molecule has 3 aromatic rings. The number of carboxylic acids is 2. The Morgan fingerprint density at radius 3 is 2.44 bits per heavy atom. The number of carbonyl (C=O) groups is 5. The van der Waals surface area contributed by atoms with Crippen LogP contribution in [0.1, 0.15) is 63.8 Å². The minimum Gasteiger partial charge on any atom is -0.497 e. The smallest absolute Gasteiger partial charge is 0.329 e. The van der Waals surface area contributed by atoms with Gasteiger partial charge in [0.15, 0.2) is 0 Å². The highest BCUT2D eigenvalue weighted by atomic mass is 32.1. The van der Waals surface area contributed by atoms with Gasteiger partial charge in [-0.3, -0.25) is 14.4 Å². The van der Waals surface area contributed by atoms with Crippen molar-refractivity contribution in [2.75, 3.05) is 20.2 Å². The van der Waals surface area contributed by atoms with E-state index in [0.717, 1.165) is 31.2 Å². The Bertz CT molecular complexity index is 1730. The van der Waals surface area contributed by atoms with E-state index in [2.05, 4.69) is 20.9 Å². The number of hydrogen-bond acceptors (Lipinski definition) is 10. The molecule has 0 radical (unpaired) electrons. The van der Waals surface area contributed by atoms with Crippen LogP contribution in [0.2, 0.25) is 0 Å². The van der Waals surface area contributed by atoms with Gasteiger partial charge in [-0.2, -0.15) is 9.90 Å². The summed E-state index contributed by atoms with van der Waals surface area (Å²) in [6, 6.07) is 3.76. The van der Waals surface area contributed by atoms with E-state index >= 15 is 0 Å². The monoisotopic (exact) mass is 708 g/mol. The molecule has 50 heavy (non-hydrogen) atoms. The van der Waals surface area contributed by atoms with Crippen molar-refractivity contribution in [3.05, 3.63) is 35.8 Å². The number of ether oxygens (including phenoxy) is 1. The molecule has 0 bridgehead atoms. The van der Waals surface area contributed by atoms with Crippen molar-refractivity contribution >= 4 is 41.1 Å². The van der Waals surface area contributed by atoms with Gasteiger partial charge in [0.1, 0.15) is 46.3 Å². The van der Waals surface area contributed by atoms with Gasteiger partial charge in [-0.25, -0.2) is 14.6 Å². The van der Waals surface area contributed by atoms with Crippen LogP contribution in [0.3, 0.4) is 0 Å². The van der Waals surface area contributed by atoms with Gasteiger partial charge in [0, 0.05) is 30.1 Å². The maximum atomic E-state index is 14.3. The standard InChI is InChI=1S/C33H40N8O8S/c1-49-22-11-9-19(10-12-22)26-27(29-34-13-14-50-29)39-41(38-26)21-15-24-28(44)37-33(31(46)47)16-20(33)7-5-3-2-4-6-8-23(30(45)40(24)18-21)36-32(48)35-17-25(42)43/h9-14,20-21,23-24H,2-8,15-18H2,1H3,(H,37,44)(H,42,43)(H,46,47)(H2,35,36,48)/t20-,21+,23+,24-,33-/m0/s1. The number of methoxy groups -OCH3 is 1. The largest absolute Gasteiger partial charge is 0.497 e. The number of aliphatic carboxylic acids is 2. The number of amides is 4. The van der Waals surface area contributed by atoms with Gasteiger partial charge in [0.25, 0.3) is 0 Å². The highest BCUT2D eigenvalue weighted by Gasteiger charge is 2.62. The van der Waals surface area contributed by atoms with E-state index in [-0.39, 0.29) is 25.3 Å². The lowest BCUT2D eigenvalue weighted by atomic mass is 10.0. The number of thiazole rings is 1. The summed E-state index contributed by atoms with van der Waals surface area (Å²) >= 11 is 1.39. The SMILES string of the molecule is COc1ccc(-c2nn([C@@H]3C[C@H]4C(=O)N[C@@]5(C(=O)O)C[C@@H]5CCCCCCC[C@@H](NC(=O)NCC(=O)O)C(=O)N4C3)nc2-c2nccs2)cc1. The van der Waals surface area contributed by atoms with E-state index in [1.807, 2.05) is 17.5 Å². The second-order valence-corrected chi connectivity index (χ2v) is 13.9. The third-order valence-electron chi connectivity index (χ3n) is 9.70. The van der Waals surface area contributed by atoms with Gasteiger partial charge >= 0.3 is 18.0 Å². The highest BCUT2D eigenvalue weighted by molar-refractivity contribution is 7.13. The number of rotatable bonds is 8. The predicted molar refractivity (Wildman–Crippen MR) is 179 cm³/mol. The summed E-state index contributed by atoms with van der Waals surface area (Å²) in [5.74, 6) is -3.02. The number of urea groups is 1. The molecule has 4 heterocycles. The Morgan fingerprint density at radius 2 is 1.76 bits per heavy atom. The zero-order chi connectivity index (χ0) is 35.4. The molecule has 3 aliphatic rings. The van der Waals surface area contributed by atoms with Crippen molar-refractivity contribution in [1.29, 1.82) is 0 Å². The average molecular weight is 709 g/mol. The first-order chi connectivity index (χ1) is 24.1.